The molecule has 21 heavy (non-hydrogen) atoms. The van der Waals surface area contributed by atoms with E-state index in [1.54, 1.807) is 0 Å². The molecule has 0 aliphatic heterocycles. The molecule has 118 valence electrons. The lowest BCUT2D eigenvalue weighted by Crippen LogP contribution is -2.31. The molecular formula is C20H33N. The Labute approximate surface area is 131 Å². The molecule has 0 spiro atoms. The maximum Gasteiger partial charge on any atom is 0.0377 e. The summed E-state index contributed by atoms with van der Waals surface area (Å²) in [6, 6.07) is 9.49. The van der Waals surface area contributed by atoms with Gasteiger partial charge in [0, 0.05) is 6.04 Å². The van der Waals surface area contributed by atoms with Gasteiger partial charge in [-0.05, 0) is 41.8 Å². The van der Waals surface area contributed by atoms with Gasteiger partial charge in [0.2, 0.25) is 0 Å². The van der Waals surface area contributed by atoms with Crippen molar-refractivity contribution in [3.05, 3.63) is 35.4 Å². The molecule has 0 saturated heterocycles. The van der Waals surface area contributed by atoms with Gasteiger partial charge in [0.15, 0.2) is 0 Å². The van der Waals surface area contributed by atoms with E-state index in [1.165, 1.54) is 49.7 Å². The fourth-order valence-corrected chi connectivity index (χ4v) is 3.65. The number of hydrogen-bond acceptors (Lipinski definition) is 1. The third kappa shape index (κ3) is 4.57. The van der Waals surface area contributed by atoms with E-state index in [9.17, 15) is 0 Å². The fraction of sp³-hybridized carbons (Fsp3) is 0.700. The highest BCUT2D eigenvalue weighted by molar-refractivity contribution is 5.37. The Morgan fingerprint density at radius 2 is 1.81 bits per heavy atom. The minimum absolute atomic E-state index is 0.349. The molecule has 0 bridgehead atoms. The number of unbranched alkanes of at least 4 members (excludes halogenated alkanes) is 3. The van der Waals surface area contributed by atoms with Gasteiger partial charge in [0.1, 0.15) is 0 Å². The molecule has 1 heteroatoms. The molecule has 1 aliphatic rings. The van der Waals surface area contributed by atoms with Gasteiger partial charge in [-0.1, -0.05) is 77.6 Å². The summed E-state index contributed by atoms with van der Waals surface area (Å²) in [6.07, 6.45) is 8.06. The highest BCUT2D eigenvalue weighted by atomic mass is 14.9. The van der Waals surface area contributed by atoms with Crippen LogP contribution in [0.1, 0.15) is 77.0 Å². The Hall–Kier alpha value is -0.820. The van der Waals surface area contributed by atoms with Crippen molar-refractivity contribution in [3.8, 4) is 0 Å². The lowest BCUT2D eigenvalue weighted by molar-refractivity contribution is 0.268. The van der Waals surface area contributed by atoms with Crippen molar-refractivity contribution in [2.75, 3.05) is 6.54 Å². The van der Waals surface area contributed by atoms with Gasteiger partial charge >= 0.3 is 0 Å². The zero-order chi connectivity index (χ0) is 15.3. The third-order valence-electron chi connectivity index (χ3n) is 4.85. The molecule has 1 unspecified atom stereocenters. The van der Waals surface area contributed by atoms with Crippen molar-refractivity contribution in [2.24, 2.45) is 11.3 Å². The van der Waals surface area contributed by atoms with E-state index >= 15 is 0 Å². The molecule has 0 radical (unpaired) electrons. The zero-order valence-corrected chi connectivity index (χ0v) is 14.4. The van der Waals surface area contributed by atoms with Crippen molar-refractivity contribution in [2.45, 2.75) is 72.3 Å². The summed E-state index contributed by atoms with van der Waals surface area (Å²) in [5, 5.41) is 3.83. The molecule has 1 N–H and O–H groups in total. The SMILES string of the molecule is CC(C)CCCCCCNC1c2ccccc2CC1(C)C. The van der Waals surface area contributed by atoms with Gasteiger partial charge < -0.3 is 5.32 Å². The van der Waals surface area contributed by atoms with Gasteiger partial charge in [0.25, 0.3) is 0 Å². The summed E-state index contributed by atoms with van der Waals surface area (Å²) < 4.78 is 0. The first kappa shape index (κ1) is 16.5. The highest BCUT2D eigenvalue weighted by Gasteiger charge is 2.37. The van der Waals surface area contributed by atoms with Crippen LogP contribution in [0.25, 0.3) is 0 Å². The molecule has 1 aliphatic carbocycles. The van der Waals surface area contributed by atoms with E-state index in [1.807, 2.05) is 0 Å². The topological polar surface area (TPSA) is 12.0 Å². The Morgan fingerprint density at radius 1 is 1.10 bits per heavy atom. The van der Waals surface area contributed by atoms with Crippen LogP contribution < -0.4 is 5.32 Å². The molecule has 0 fully saturated rings. The summed E-state index contributed by atoms with van der Waals surface area (Å²) in [6.45, 7) is 10.6. The average Bonchev–Trinajstić information content (AvgIpc) is 2.67. The Balaban J connectivity index is 1.73. The molecule has 0 heterocycles. The highest BCUT2D eigenvalue weighted by Crippen LogP contribution is 2.44. The van der Waals surface area contributed by atoms with E-state index in [0.717, 1.165) is 12.5 Å². The van der Waals surface area contributed by atoms with Crippen molar-refractivity contribution in [1.29, 1.82) is 0 Å². The van der Waals surface area contributed by atoms with Crippen molar-refractivity contribution >= 4 is 0 Å². The van der Waals surface area contributed by atoms with Crippen LogP contribution in [-0.2, 0) is 6.42 Å². The van der Waals surface area contributed by atoms with Crippen molar-refractivity contribution < 1.29 is 0 Å². The van der Waals surface area contributed by atoms with Crippen LogP contribution in [0.5, 0.6) is 0 Å². The minimum atomic E-state index is 0.349. The van der Waals surface area contributed by atoms with Crippen LogP contribution in [0, 0.1) is 11.3 Å². The summed E-state index contributed by atoms with van der Waals surface area (Å²) in [5.74, 6) is 0.860. The van der Waals surface area contributed by atoms with Crippen LogP contribution in [0.3, 0.4) is 0 Å². The lowest BCUT2D eigenvalue weighted by atomic mass is 9.85. The zero-order valence-electron chi connectivity index (χ0n) is 14.4. The van der Waals surface area contributed by atoms with Gasteiger partial charge in [0.05, 0.1) is 0 Å². The number of hydrogen-bond donors (Lipinski definition) is 1. The normalized spacial score (nSPS) is 20.0. The Bertz CT molecular complexity index is 433. The number of fused-ring (bicyclic) bond motifs is 1. The maximum absolute atomic E-state index is 3.83. The van der Waals surface area contributed by atoms with E-state index in [4.69, 9.17) is 0 Å². The Morgan fingerprint density at radius 3 is 2.57 bits per heavy atom. The first-order valence-electron chi connectivity index (χ1n) is 8.82. The smallest absolute Gasteiger partial charge is 0.0377 e. The third-order valence-corrected chi connectivity index (χ3v) is 4.85. The van der Waals surface area contributed by atoms with Crippen LogP contribution in [0.2, 0.25) is 0 Å². The molecule has 1 aromatic carbocycles. The molecule has 2 rings (SSSR count). The summed E-state index contributed by atoms with van der Waals surface area (Å²) in [7, 11) is 0. The molecule has 0 saturated carbocycles. The fourth-order valence-electron chi connectivity index (χ4n) is 3.65. The predicted molar refractivity (Wildman–Crippen MR) is 92.6 cm³/mol. The average molecular weight is 287 g/mol. The molecular weight excluding hydrogens is 254 g/mol. The van der Waals surface area contributed by atoms with E-state index in [-0.39, 0.29) is 0 Å². The molecule has 0 aromatic heterocycles. The second kappa shape index (κ2) is 7.45. The van der Waals surface area contributed by atoms with Gasteiger partial charge in [-0.2, -0.15) is 0 Å². The summed E-state index contributed by atoms with van der Waals surface area (Å²) >= 11 is 0. The van der Waals surface area contributed by atoms with Gasteiger partial charge in [-0.3, -0.25) is 0 Å². The van der Waals surface area contributed by atoms with Crippen molar-refractivity contribution in [3.63, 3.8) is 0 Å². The molecule has 1 aromatic rings. The van der Waals surface area contributed by atoms with Crippen LogP contribution in [0.4, 0.5) is 0 Å². The summed E-state index contributed by atoms with van der Waals surface area (Å²) in [4.78, 5) is 0. The maximum atomic E-state index is 3.83. The number of rotatable bonds is 8. The predicted octanol–water partition coefficient (Wildman–Crippen LogP) is 5.51. The second-order valence-electron chi connectivity index (χ2n) is 7.85. The largest absolute Gasteiger partial charge is 0.309 e. The van der Waals surface area contributed by atoms with E-state index in [0.29, 0.717) is 11.5 Å². The quantitative estimate of drug-likeness (QED) is 0.622. The van der Waals surface area contributed by atoms with Gasteiger partial charge in [-0.25, -0.2) is 0 Å². The van der Waals surface area contributed by atoms with E-state index in [2.05, 4.69) is 57.3 Å². The minimum Gasteiger partial charge on any atom is -0.309 e. The van der Waals surface area contributed by atoms with Crippen molar-refractivity contribution in [1.82, 2.24) is 5.32 Å². The number of benzene rings is 1. The monoisotopic (exact) mass is 287 g/mol. The number of nitrogens with one attached hydrogen (secondary N) is 1. The summed E-state index contributed by atoms with van der Waals surface area (Å²) in [5.41, 5.74) is 3.42. The van der Waals surface area contributed by atoms with E-state index < -0.39 is 0 Å². The first-order chi connectivity index (χ1) is 10.0. The van der Waals surface area contributed by atoms with Crippen LogP contribution >= 0.6 is 0 Å². The second-order valence-corrected chi connectivity index (χ2v) is 7.85. The Kier molecular flexibility index (Phi) is 5.87. The molecule has 1 nitrogen and oxygen atoms in total. The van der Waals surface area contributed by atoms with Crippen LogP contribution in [0.15, 0.2) is 24.3 Å². The molecule has 0 amide bonds. The lowest BCUT2D eigenvalue weighted by Gasteiger charge is -2.28. The van der Waals surface area contributed by atoms with Gasteiger partial charge in [-0.15, -0.1) is 0 Å². The standard InChI is InChI=1S/C20H33N/c1-16(2)11-7-5-6-10-14-21-19-18-13-9-8-12-17(18)15-20(19,3)4/h8-9,12-13,16,19,21H,5-7,10-11,14-15H2,1-4H3. The molecule has 1 atom stereocenters. The van der Waals surface area contributed by atoms with Crippen LogP contribution in [-0.4, -0.2) is 6.54 Å². The first-order valence-corrected chi connectivity index (χ1v) is 8.82.